The maximum Gasteiger partial charge on any atom is 0.118 e. The number of hydrogen-bond acceptors (Lipinski definition) is 4. The molecule has 1 aromatic rings. The van der Waals surface area contributed by atoms with Gasteiger partial charge in [0.15, 0.2) is 0 Å². The number of ether oxygens (including phenoxy) is 2. The average Bonchev–Trinajstić information content (AvgIpc) is 2.55. The highest BCUT2D eigenvalue weighted by Crippen LogP contribution is 2.35. The summed E-state index contributed by atoms with van der Waals surface area (Å²) in [6.45, 7) is 1.51. The Labute approximate surface area is 128 Å². The van der Waals surface area contributed by atoms with Crippen molar-refractivity contribution in [2.24, 2.45) is 5.73 Å². The van der Waals surface area contributed by atoms with E-state index < -0.39 is 0 Å². The Morgan fingerprint density at radius 1 is 1.24 bits per heavy atom. The molecule has 1 aliphatic carbocycles. The van der Waals surface area contributed by atoms with Crippen LogP contribution in [-0.4, -0.2) is 44.4 Å². The van der Waals surface area contributed by atoms with Gasteiger partial charge in [-0.25, -0.2) is 0 Å². The molecule has 2 unspecified atom stereocenters. The van der Waals surface area contributed by atoms with E-state index >= 15 is 0 Å². The molecule has 1 aliphatic rings. The van der Waals surface area contributed by atoms with Crippen molar-refractivity contribution in [1.82, 2.24) is 4.90 Å². The van der Waals surface area contributed by atoms with Crippen molar-refractivity contribution in [3.05, 3.63) is 29.8 Å². The summed E-state index contributed by atoms with van der Waals surface area (Å²) in [6.07, 6.45) is 4.88. The zero-order valence-electron chi connectivity index (χ0n) is 13.5. The standard InChI is InChI=1S/C17H28N2O2/c1-19(12-14-7-9-15(20-2)10-8-14)17(13-18)11-5-4-6-16(17)21-3/h7-10,16H,4-6,11-13,18H2,1-3H3. The van der Waals surface area contributed by atoms with Gasteiger partial charge in [-0.15, -0.1) is 0 Å². The van der Waals surface area contributed by atoms with Crippen LogP contribution in [0.3, 0.4) is 0 Å². The van der Waals surface area contributed by atoms with Gasteiger partial charge in [-0.2, -0.15) is 0 Å². The molecule has 0 spiro atoms. The third-order valence-corrected chi connectivity index (χ3v) is 4.90. The highest BCUT2D eigenvalue weighted by Gasteiger charge is 2.43. The van der Waals surface area contributed by atoms with E-state index in [2.05, 4.69) is 24.1 Å². The molecule has 4 heteroatoms. The molecule has 0 aliphatic heterocycles. The van der Waals surface area contributed by atoms with Gasteiger partial charge in [0.25, 0.3) is 0 Å². The Morgan fingerprint density at radius 3 is 2.52 bits per heavy atom. The third kappa shape index (κ3) is 3.39. The van der Waals surface area contributed by atoms with Crippen LogP contribution >= 0.6 is 0 Å². The van der Waals surface area contributed by atoms with E-state index in [0.717, 1.165) is 25.1 Å². The van der Waals surface area contributed by atoms with Crippen molar-refractivity contribution in [3.63, 3.8) is 0 Å². The Morgan fingerprint density at radius 2 is 1.95 bits per heavy atom. The van der Waals surface area contributed by atoms with Crippen LogP contribution in [0.1, 0.15) is 31.2 Å². The molecule has 0 heterocycles. The molecular formula is C17H28N2O2. The first-order valence-electron chi connectivity index (χ1n) is 7.73. The highest BCUT2D eigenvalue weighted by atomic mass is 16.5. The van der Waals surface area contributed by atoms with Crippen LogP contribution < -0.4 is 10.5 Å². The molecule has 0 amide bonds. The Kier molecular flexibility index (Phi) is 5.62. The largest absolute Gasteiger partial charge is 0.497 e. The van der Waals surface area contributed by atoms with Gasteiger partial charge < -0.3 is 15.2 Å². The van der Waals surface area contributed by atoms with Gasteiger partial charge in [-0.05, 0) is 37.6 Å². The number of hydrogen-bond donors (Lipinski definition) is 1. The minimum Gasteiger partial charge on any atom is -0.497 e. The molecule has 2 rings (SSSR count). The summed E-state index contributed by atoms with van der Waals surface area (Å²) in [4.78, 5) is 2.38. The van der Waals surface area contributed by atoms with Crippen LogP contribution in [0.2, 0.25) is 0 Å². The molecule has 2 atom stereocenters. The molecule has 0 saturated heterocycles. The number of benzene rings is 1. The van der Waals surface area contributed by atoms with E-state index in [-0.39, 0.29) is 11.6 Å². The summed E-state index contributed by atoms with van der Waals surface area (Å²) >= 11 is 0. The normalized spacial score (nSPS) is 26.0. The van der Waals surface area contributed by atoms with Crippen LogP contribution in [0.15, 0.2) is 24.3 Å². The second kappa shape index (κ2) is 7.25. The van der Waals surface area contributed by atoms with Gasteiger partial charge in [0.05, 0.1) is 18.8 Å². The maximum atomic E-state index is 6.16. The lowest BCUT2D eigenvalue weighted by Gasteiger charge is -2.48. The fourth-order valence-corrected chi connectivity index (χ4v) is 3.52. The summed E-state index contributed by atoms with van der Waals surface area (Å²) < 4.78 is 11.0. The van der Waals surface area contributed by atoms with Crippen molar-refractivity contribution in [2.75, 3.05) is 27.8 Å². The van der Waals surface area contributed by atoms with Gasteiger partial charge >= 0.3 is 0 Å². The molecule has 0 bridgehead atoms. The van der Waals surface area contributed by atoms with Crippen LogP contribution in [0, 0.1) is 0 Å². The molecule has 1 fully saturated rings. The zero-order valence-corrected chi connectivity index (χ0v) is 13.5. The van der Waals surface area contributed by atoms with Crippen molar-refractivity contribution >= 4 is 0 Å². The lowest BCUT2D eigenvalue weighted by molar-refractivity contribution is -0.0688. The third-order valence-electron chi connectivity index (χ3n) is 4.90. The molecular weight excluding hydrogens is 264 g/mol. The van der Waals surface area contributed by atoms with Gasteiger partial charge in [0.2, 0.25) is 0 Å². The SMILES string of the molecule is COc1ccc(CN(C)C2(CN)CCCCC2OC)cc1. The average molecular weight is 292 g/mol. The first kappa shape index (κ1) is 16.3. The zero-order chi connectivity index (χ0) is 15.3. The van der Waals surface area contributed by atoms with E-state index in [0.29, 0.717) is 6.54 Å². The Bertz CT molecular complexity index is 435. The molecule has 1 saturated carbocycles. The molecule has 1 aromatic carbocycles. The van der Waals surface area contributed by atoms with Crippen molar-refractivity contribution in [1.29, 1.82) is 0 Å². The summed E-state index contributed by atoms with van der Waals surface area (Å²) in [6, 6.07) is 8.24. The molecule has 21 heavy (non-hydrogen) atoms. The lowest BCUT2D eigenvalue weighted by Crippen LogP contribution is -2.61. The first-order valence-corrected chi connectivity index (χ1v) is 7.73. The van der Waals surface area contributed by atoms with Crippen molar-refractivity contribution in [3.8, 4) is 5.75 Å². The van der Waals surface area contributed by atoms with E-state index in [1.807, 2.05) is 19.2 Å². The fraction of sp³-hybridized carbons (Fsp3) is 0.647. The second-order valence-electron chi connectivity index (χ2n) is 5.98. The van der Waals surface area contributed by atoms with Gasteiger partial charge in [0, 0.05) is 20.2 Å². The minimum absolute atomic E-state index is 0.0487. The van der Waals surface area contributed by atoms with Crippen LogP contribution in [0.4, 0.5) is 0 Å². The Balaban J connectivity index is 2.12. The quantitative estimate of drug-likeness (QED) is 0.875. The smallest absolute Gasteiger partial charge is 0.118 e. The first-order chi connectivity index (χ1) is 10.2. The minimum atomic E-state index is -0.0487. The van der Waals surface area contributed by atoms with Crippen LogP contribution in [0.5, 0.6) is 5.75 Å². The van der Waals surface area contributed by atoms with Crippen molar-refractivity contribution in [2.45, 2.75) is 43.9 Å². The van der Waals surface area contributed by atoms with E-state index in [4.69, 9.17) is 15.2 Å². The molecule has 0 radical (unpaired) electrons. The van der Waals surface area contributed by atoms with Crippen molar-refractivity contribution < 1.29 is 9.47 Å². The topological polar surface area (TPSA) is 47.7 Å². The highest BCUT2D eigenvalue weighted by molar-refractivity contribution is 5.27. The maximum absolute atomic E-state index is 6.16. The molecule has 0 aromatic heterocycles. The second-order valence-corrected chi connectivity index (χ2v) is 5.98. The number of rotatable bonds is 6. The predicted molar refractivity (Wildman–Crippen MR) is 85.5 cm³/mol. The number of methoxy groups -OCH3 is 2. The molecule has 2 N–H and O–H groups in total. The molecule has 4 nitrogen and oxygen atoms in total. The number of nitrogens with zero attached hydrogens (tertiary/aromatic N) is 1. The van der Waals surface area contributed by atoms with E-state index in [9.17, 15) is 0 Å². The van der Waals surface area contributed by atoms with Gasteiger partial charge in [-0.1, -0.05) is 25.0 Å². The number of nitrogens with two attached hydrogens (primary N) is 1. The number of likely N-dealkylation sites (N-methyl/N-ethyl adjacent to an activating group) is 1. The van der Waals surface area contributed by atoms with Gasteiger partial charge in [-0.3, -0.25) is 4.90 Å². The summed E-state index contributed by atoms with van der Waals surface area (Å²) in [5, 5.41) is 0. The van der Waals surface area contributed by atoms with E-state index in [1.165, 1.54) is 18.4 Å². The molecule has 118 valence electrons. The summed E-state index contributed by atoms with van der Waals surface area (Å²) in [5.74, 6) is 0.891. The Hall–Kier alpha value is -1.10. The fourth-order valence-electron chi connectivity index (χ4n) is 3.52. The summed E-state index contributed by atoms with van der Waals surface area (Å²) in [7, 11) is 5.66. The van der Waals surface area contributed by atoms with Crippen LogP contribution in [0.25, 0.3) is 0 Å². The lowest BCUT2D eigenvalue weighted by atomic mass is 9.77. The van der Waals surface area contributed by atoms with E-state index in [1.54, 1.807) is 7.11 Å². The van der Waals surface area contributed by atoms with Gasteiger partial charge in [0.1, 0.15) is 5.75 Å². The monoisotopic (exact) mass is 292 g/mol. The predicted octanol–water partition coefficient (Wildman–Crippen LogP) is 2.41. The van der Waals surface area contributed by atoms with Crippen LogP contribution in [-0.2, 0) is 11.3 Å². The summed E-state index contributed by atoms with van der Waals surface area (Å²) in [5.41, 5.74) is 7.38.